The fourth-order valence-electron chi connectivity index (χ4n) is 2.25. The lowest BCUT2D eigenvalue weighted by Gasteiger charge is -2.28. The molecule has 3 rings (SSSR count). The first-order chi connectivity index (χ1) is 9.78. The maximum Gasteiger partial charge on any atom is 0.226 e. The normalized spacial score (nSPS) is 16.8. The number of rotatable bonds is 4. The fraction of sp³-hybridized carbons (Fsp3) is 0.538. The Bertz CT molecular complexity index is 618. The van der Waals surface area contributed by atoms with Crippen LogP contribution in [0.2, 0.25) is 0 Å². The van der Waals surface area contributed by atoms with Crippen molar-refractivity contribution in [3.05, 3.63) is 11.4 Å². The van der Waals surface area contributed by atoms with E-state index in [-0.39, 0.29) is 0 Å². The fourth-order valence-corrected chi connectivity index (χ4v) is 4.06. The second kappa shape index (κ2) is 6.05. The highest BCUT2D eigenvalue weighted by Crippen LogP contribution is 2.29. The van der Waals surface area contributed by atoms with Crippen LogP contribution in [0.5, 0.6) is 0 Å². The first-order valence-electron chi connectivity index (χ1n) is 6.87. The minimum absolute atomic E-state index is 0.667. The summed E-state index contributed by atoms with van der Waals surface area (Å²) in [5.74, 6) is 3.14. The van der Waals surface area contributed by atoms with Gasteiger partial charge in [0.15, 0.2) is 0 Å². The van der Waals surface area contributed by atoms with Crippen LogP contribution in [0.4, 0.5) is 11.8 Å². The van der Waals surface area contributed by atoms with Crippen LogP contribution in [0, 0.1) is 0 Å². The molecule has 0 bridgehead atoms. The van der Waals surface area contributed by atoms with Crippen LogP contribution in [0.25, 0.3) is 10.2 Å². The second-order valence-corrected chi connectivity index (χ2v) is 7.36. The van der Waals surface area contributed by atoms with Crippen molar-refractivity contribution in [3.8, 4) is 0 Å². The Labute approximate surface area is 124 Å². The highest BCUT2D eigenvalue weighted by Gasteiger charge is 2.20. The molecule has 20 heavy (non-hydrogen) atoms. The number of nitrogens with zero attached hydrogens (tertiary/aromatic N) is 3. The summed E-state index contributed by atoms with van der Waals surface area (Å²) < 4.78 is 11.5. The van der Waals surface area contributed by atoms with E-state index in [4.69, 9.17) is 0 Å². The monoisotopic (exact) mass is 310 g/mol. The lowest BCUT2D eigenvalue weighted by atomic mass is 10.3. The van der Waals surface area contributed by atoms with Crippen molar-refractivity contribution in [1.82, 2.24) is 9.97 Å². The average Bonchev–Trinajstić information content (AvgIpc) is 2.93. The van der Waals surface area contributed by atoms with Crippen LogP contribution in [0.3, 0.4) is 0 Å². The third-order valence-corrected chi connectivity index (χ3v) is 5.40. The van der Waals surface area contributed by atoms with Gasteiger partial charge in [0.05, 0.1) is 5.39 Å². The Morgan fingerprint density at radius 3 is 2.95 bits per heavy atom. The number of thiophene rings is 1. The highest BCUT2D eigenvalue weighted by atomic mass is 32.2. The summed E-state index contributed by atoms with van der Waals surface area (Å²) in [6.45, 7) is 4.61. The molecule has 3 heterocycles. The van der Waals surface area contributed by atoms with E-state index in [1.165, 1.54) is 0 Å². The molecule has 2 aromatic heterocycles. The van der Waals surface area contributed by atoms with Gasteiger partial charge >= 0.3 is 0 Å². The lowest BCUT2D eigenvalue weighted by Crippen LogP contribution is -2.38. The number of aromatic nitrogens is 2. The number of anilines is 2. The zero-order chi connectivity index (χ0) is 13.9. The predicted molar refractivity (Wildman–Crippen MR) is 86.3 cm³/mol. The zero-order valence-corrected chi connectivity index (χ0v) is 13.1. The van der Waals surface area contributed by atoms with E-state index >= 15 is 0 Å². The van der Waals surface area contributed by atoms with Crippen LogP contribution in [0.15, 0.2) is 11.4 Å². The van der Waals surface area contributed by atoms with Crippen molar-refractivity contribution >= 4 is 44.1 Å². The summed E-state index contributed by atoms with van der Waals surface area (Å²) in [5, 5.41) is 6.41. The average molecular weight is 310 g/mol. The first-order valence-corrected chi connectivity index (χ1v) is 9.23. The SMILES string of the molecule is CCCNc1nc(N2CCS(=O)CC2)c2ccsc2n1. The van der Waals surface area contributed by atoms with E-state index in [9.17, 15) is 4.21 Å². The lowest BCUT2D eigenvalue weighted by molar-refractivity contribution is 0.672. The van der Waals surface area contributed by atoms with E-state index in [0.717, 1.165) is 53.6 Å². The molecular weight excluding hydrogens is 292 g/mol. The molecule has 5 nitrogen and oxygen atoms in total. The van der Waals surface area contributed by atoms with Gasteiger partial charge < -0.3 is 10.2 Å². The standard InChI is InChI=1S/C13H18N4OS2/c1-2-4-14-13-15-11(10-3-7-19-12(10)16-13)17-5-8-20(18)9-6-17/h3,7H,2,4-6,8-9H2,1H3,(H,14,15,16). The second-order valence-electron chi connectivity index (χ2n) is 4.77. The molecule has 0 atom stereocenters. The van der Waals surface area contributed by atoms with Crippen LogP contribution < -0.4 is 10.2 Å². The van der Waals surface area contributed by atoms with E-state index < -0.39 is 10.8 Å². The van der Waals surface area contributed by atoms with Gasteiger partial charge in [-0.15, -0.1) is 11.3 Å². The molecule has 1 aliphatic rings. The molecular formula is C13H18N4OS2. The van der Waals surface area contributed by atoms with Gasteiger partial charge in [-0.1, -0.05) is 6.92 Å². The van der Waals surface area contributed by atoms with Gasteiger partial charge in [0.2, 0.25) is 5.95 Å². The van der Waals surface area contributed by atoms with Crippen molar-refractivity contribution < 1.29 is 4.21 Å². The topological polar surface area (TPSA) is 58.1 Å². The minimum atomic E-state index is -0.667. The number of nitrogens with one attached hydrogen (secondary N) is 1. The summed E-state index contributed by atoms with van der Waals surface area (Å²) in [6, 6.07) is 2.07. The molecule has 0 spiro atoms. The maximum atomic E-state index is 11.5. The van der Waals surface area contributed by atoms with Gasteiger partial charge in [-0.3, -0.25) is 4.21 Å². The molecule has 0 aromatic carbocycles. The molecule has 1 aliphatic heterocycles. The molecule has 0 saturated carbocycles. The van der Waals surface area contributed by atoms with Crippen molar-refractivity contribution in [2.24, 2.45) is 0 Å². The largest absolute Gasteiger partial charge is 0.354 e. The molecule has 0 amide bonds. The Morgan fingerprint density at radius 2 is 2.20 bits per heavy atom. The number of hydrogen-bond acceptors (Lipinski definition) is 6. The molecule has 0 radical (unpaired) electrons. The summed E-state index contributed by atoms with van der Waals surface area (Å²) >= 11 is 1.64. The van der Waals surface area contributed by atoms with E-state index in [0.29, 0.717) is 5.95 Å². The van der Waals surface area contributed by atoms with Crippen LogP contribution in [-0.4, -0.2) is 45.3 Å². The van der Waals surface area contributed by atoms with Gasteiger partial charge in [0.1, 0.15) is 10.6 Å². The molecule has 1 fully saturated rings. The van der Waals surface area contributed by atoms with Gasteiger partial charge in [0, 0.05) is 41.9 Å². The van der Waals surface area contributed by atoms with Crippen molar-refractivity contribution in [2.75, 3.05) is 41.4 Å². The Hall–Kier alpha value is -1.21. The summed E-state index contributed by atoms with van der Waals surface area (Å²) in [5.41, 5.74) is 0. The summed E-state index contributed by atoms with van der Waals surface area (Å²) in [4.78, 5) is 12.5. The summed E-state index contributed by atoms with van der Waals surface area (Å²) in [6.07, 6.45) is 1.05. The van der Waals surface area contributed by atoms with Crippen LogP contribution >= 0.6 is 11.3 Å². The van der Waals surface area contributed by atoms with Crippen LogP contribution in [-0.2, 0) is 10.8 Å². The molecule has 2 aromatic rings. The Balaban J connectivity index is 1.94. The first kappa shape index (κ1) is 13.8. The molecule has 1 saturated heterocycles. The Morgan fingerprint density at radius 1 is 1.40 bits per heavy atom. The number of hydrogen-bond donors (Lipinski definition) is 1. The Kier molecular flexibility index (Phi) is 4.16. The minimum Gasteiger partial charge on any atom is -0.354 e. The zero-order valence-electron chi connectivity index (χ0n) is 11.5. The quantitative estimate of drug-likeness (QED) is 0.937. The van der Waals surface area contributed by atoms with E-state index in [2.05, 4.69) is 38.6 Å². The third kappa shape index (κ3) is 2.78. The van der Waals surface area contributed by atoms with Gasteiger partial charge in [-0.25, -0.2) is 4.98 Å². The van der Waals surface area contributed by atoms with Gasteiger partial charge in [-0.2, -0.15) is 4.98 Å². The smallest absolute Gasteiger partial charge is 0.226 e. The maximum absolute atomic E-state index is 11.5. The van der Waals surface area contributed by atoms with Crippen molar-refractivity contribution in [1.29, 1.82) is 0 Å². The molecule has 1 N–H and O–H groups in total. The highest BCUT2D eigenvalue weighted by molar-refractivity contribution is 7.85. The predicted octanol–water partition coefficient (Wildman–Crippen LogP) is 2.08. The summed E-state index contributed by atoms with van der Waals surface area (Å²) in [7, 11) is -0.667. The van der Waals surface area contributed by atoms with E-state index in [1.807, 2.05) is 0 Å². The van der Waals surface area contributed by atoms with Gasteiger partial charge in [0.25, 0.3) is 0 Å². The van der Waals surface area contributed by atoms with Gasteiger partial charge in [-0.05, 0) is 17.9 Å². The van der Waals surface area contributed by atoms with Crippen molar-refractivity contribution in [2.45, 2.75) is 13.3 Å². The molecule has 0 aliphatic carbocycles. The molecule has 0 unspecified atom stereocenters. The third-order valence-electron chi connectivity index (χ3n) is 3.32. The van der Waals surface area contributed by atoms with E-state index in [1.54, 1.807) is 11.3 Å². The van der Waals surface area contributed by atoms with Crippen molar-refractivity contribution in [3.63, 3.8) is 0 Å². The molecule has 108 valence electrons. The number of fused-ring (bicyclic) bond motifs is 1. The molecule has 7 heteroatoms. The van der Waals surface area contributed by atoms with Crippen LogP contribution in [0.1, 0.15) is 13.3 Å².